The van der Waals surface area contributed by atoms with Gasteiger partial charge in [0, 0.05) is 29.7 Å². The number of para-hydroxylation sites is 1. The molecule has 3 aromatic carbocycles. The maximum absolute atomic E-state index is 13.6. The number of ether oxygens (including phenoxy) is 2. The van der Waals surface area contributed by atoms with E-state index in [0.29, 0.717) is 31.6 Å². The molecule has 1 unspecified atom stereocenters. The number of morpholine rings is 1. The maximum atomic E-state index is 13.6. The van der Waals surface area contributed by atoms with Crippen LogP contribution in [0, 0.1) is 0 Å². The van der Waals surface area contributed by atoms with Crippen LogP contribution >= 0.6 is 0 Å². The third-order valence-corrected chi connectivity index (χ3v) is 6.84. The summed E-state index contributed by atoms with van der Waals surface area (Å²) in [6.07, 6.45) is 2.34. The van der Waals surface area contributed by atoms with E-state index in [1.54, 1.807) is 7.11 Å². The van der Waals surface area contributed by atoms with Crippen LogP contribution < -0.4 is 9.64 Å². The zero-order valence-electron chi connectivity index (χ0n) is 18.8. The van der Waals surface area contributed by atoms with E-state index in [1.165, 1.54) is 0 Å². The van der Waals surface area contributed by atoms with Gasteiger partial charge in [-0.2, -0.15) is 0 Å². The molecule has 0 aromatic heterocycles. The first-order valence-corrected chi connectivity index (χ1v) is 11.4. The Hall–Kier alpha value is -3.38. The maximum Gasteiger partial charge on any atom is 0.254 e. The fourth-order valence-corrected chi connectivity index (χ4v) is 5.04. The molecule has 2 saturated heterocycles. The van der Waals surface area contributed by atoms with Crippen LogP contribution in [0.2, 0.25) is 0 Å². The molecule has 2 amide bonds. The standard InChI is InChI=1S/C27H28N2O4/c1-32-24-13-12-23(21-10-5-6-11-22(21)24)26(31)28-16-7-14-27(15-17-28)19-29(25(30)18-33-27)20-8-3-2-4-9-20/h2-6,8-13H,7,14-19H2,1H3. The lowest BCUT2D eigenvalue weighted by atomic mass is 9.92. The van der Waals surface area contributed by atoms with Crippen LogP contribution in [0.5, 0.6) is 5.75 Å². The number of amides is 2. The summed E-state index contributed by atoms with van der Waals surface area (Å²) in [5.74, 6) is 0.768. The van der Waals surface area contributed by atoms with Gasteiger partial charge < -0.3 is 19.3 Å². The van der Waals surface area contributed by atoms with Crippen molar-refractivity contribution in [3.63, 3.8) is 0 Å². The van der Waals surface area contributed by atoms with Gasteiger partial charge in [0.2, 0.25) is 0 Å². The van der Waals surface area contributed by atoms with Crippen molar-refractivity contribution >= 4 is 28.3 Å². The highest BCUT2D eigenvalue weighted by atomic mass is 16.5. The molecule has 6 heteroatoms. The van der Waals surface area contributed by atoms with E-state index in [1.807, 2.05) is 76.5 Å². The van der Waals surface area contributed by atoms with Gasteiger partial charge in [-0.3, -0.25) is 9.59 Å². The molecule has 2 aliphatic heterocycles. The molecule has 2 aliphatic rings. The topological polar surface area (TPSA) is 59.1 Å². The van der Waals surface area contributed by atoms with Gasteiger partial charge in [-0.05, 0) is 48.9 Å². The van der Waals surface area contributed by atoms with Crippen molar-refractivity contribution in [2.45, 2.75) is 24.9 Å². The van der Waals surface area contributed by atoms with E-state index in [0.717, 1.165) is 35.1 Å². The molecule has 2 fully saturated rings. The molecule has 6 nitrogen and oxygen atoms in total. The minimum Gasteiger partial charge on any atom is -0.496 e. The molecule has 0 bridgehead atoms. The first-order valence-electron chi connectivity index (χ1n) is 11.4. The second-order valence-electron chi connectivity index (χ2n) is 8.79. The predicted molar refractivity (Wildman–Crippen MR) is 128 cm³/mol. The van der Waals surface area contributed by atoms with Crippen molar-refractivity contribution in [2.24, 2.45) is 0 Å². The first kappa shape index (κ1) is 21.5. The van der Waals surface area contributed by atoms with Gasteiger partial charge in [-0.25, -0.2) is 0 Å². The van der Waals surface area contributed by atoms with Gasteiger partial charge in [0.05, 0.1) is 19.3 Å². The van der Waals surface area contributed by atoms with E-state index in [2.05, 4.69) is 0 Å². The molecule has 3 aromatic rings. The highest BCUT2D eigenvalue weighted by Crippen LogP contribution is 2.34. The Balaban J connectivity index is 1.36. The summed E-state index contributed by atoms with van der Waals surface area (Å²) in [7, 11) is 1.64. The summed E-state index contributed by atoms with van der Waals surface area (Å²) in [5, 5.41) is 1.83. The van der Waals surface area contributed by atoms with Crippen LogP contribution in [-0.2, 0) is 9.53 Å². The Morgan fingerprint density at radius 3 is 2.48 bits per heavy atom. The molecule has 0 aliphatic carbocycles. The fraction of sp³-hybridized carbons (Fsp3) is 0.333. The van der Waals surface area contributed by atoms with Crippen LogP contribution in [0.15, 0.2) is 66.7 Å². The van der Waals surface area contributed by atoms with Gasteiger partial charge in [-0.1, -0.05) is 42.5 Å². The Morgan fingerprint density at radius 1 is 0.939 bits per heavy atom. The Kier molecular flexibility index (Phi) is 5.77. The number of benzene rings is 3. The molecule has 1 atom stereocenters. The minimum atomic E-state index is -0.430. The van der Waals surface area contributed by atoms with E-state index in [-0.39, 0.29) is 18.4 Å². The quantitative estimate of drug-likeness (QED) is 0.605. The SMILES string of the molecule is COc1ccc(C(=O)N2CCCC3(CC2)CN(c2ccccc2)C(=O)CO3)c2ccccc12. The largest absolute Gasteiger partial charge is 0.496 e. The molecule has 170 valence electrons. The number of anilines is 1. The Morgan fingerprint density at radius 2 is 1.70 bits per heavy atom. The molecular weight excluding hydrogens is 416 g/mol. The van der Waals surface area contributed by atoms with E-state index in [4.69, 9.17) is 9.47 Å². The monoisotopic (exact) mass is 444 g/mol. The molecule has 5 rings (SSSR count). The van der Waals surface area contributed by atoms with Crippen molar-refractivity contribution in [3.8, 4) is 5.75 Å². The van der Waals surface area contributed by atoms with E-state index >= 15 is 0 Å². The molecule has 0 saturated carbocycles. The van der Waals surface area contributed by atoms with Gasteiger partial charge in [-0.15, -0.1) is 0 Å². The van der Waals surface area contributed by atoms with Crippen LogP contribution in [-0.4, -0.2) is 55.7 Å². The number of nitrogens with zero attached hydrogens (tertiary/aromatic N) is 2. The Labute approximate surface area is 193 Å². The summed E-state index contributed by atoms with van der Waals surface area (Å²) < 4.78 is 11.6. The first-order chi connectivity index (χ1) is 16.1. The van der Waals surface area contributed by atoms with Gasteiger partial charge in [0.15, 0.2) is 0 Å². The summed E-state index contributed by atoms with van der Waals surface area (Å²) in [4.78, 5) is 29.9. The average Bonchev–Trinajstić information content (AvgIpc) is 3.07. The minimum absolute atomic E-state index is 0.0197. The molecule has 2 heterocycles. The normalized spacial score (nSPS) is 21.3. The third-order valence-electron chi connectivity index (χ3n) is 6.84. The van der Waals surface area contributed by atoms with Crippen molar-refractivity contribution in [1.82, 2.24) is 4.90 Å². The molecule has 1 spiro atoms. The van der Waals surface area contributed by atoms with Crippen LogP contribution in [0.25, 0.3) is 10.8 Å². The fourth-order valence-electron chi connectivity index (χ4n) is 5.04. The number of likely N-dealkylation sites (tertiary alicyclic amines) is 1. The Bertz CT molecular complexity index is 1180. The number of carbonyl (C=O) groups is 2. The number of fused-ring (bicyclic) bond motifs is 1. The summed E-state index contributed by atoms with van der Waals surface area (Å²) >= 11 is 0. The number of hydrogen-bond donors (Lipinski definition) is 0. The summed E-state index contributed by atoms with van der Waals surface area (Å²) in [5.41, 5.74) is 1.15. The zero-order valence-corrected chi connectivity index (χ0v) is 18.8. The van der Waals surface area contributed by atoms with Crippen molar-refractivity contribution < 1.29 is 19.1 Å². The van der Waals surface area contributed by atoms with Gasteiger partial charge in [0.25, 0.3) is 11.8 Å². The third kappa shape index (κ3) is 4.07. The van der Waals surface area contributed by atoms with Crippen molar-refractivity contribution in [2.75, 3.05) is 38.3 Å². The highest BCUT2D eigenvalue weighted by molar-refractivity contribution is 6.08. The number of methoxy groups -OCH3 is 1. The molecule has 33 heavy (non-hydrogen) atoms. The molecule has 0 radical (unpaired) electrons. The summed E-state index contributed by atoms with van der Waals surface area (Å²) in [6, 6.07) is 21.3. The van der Waals surface area contributed by atoms with E-state index in [9.17, 15) is 9.59 Å². The number of carbonyl (C=O) groups excluding carboxylic acids is 2. The lowest BCUT2D eigenvalue weighted by molar-refractivity contribution is -0.140. The van der Waals surface area contributed by atoms with E-state index < -0.39 is 5.60 Å². The number of hydrogen-bond acceptors (Lipinski definition) is 4. The van der Waals surface area contributed by atoms with Crippen LogP contribution in [0.1, 0.15) is 29.6 Å². The molecular formula is C27H28N2O4. The van der Waals surface area contributed by atoms with Gasteiger partial charge in [0.1, 0.15) is 12.4 Å². The molecule has 0 N–H and O–H groups in total. The lowest BCUT2D eigenvalue weighted by Crippen LogP contribution is -2.55. The lowest BCUT2D eigenvalue weighted by Gasteiger charge is -2.42. The van der Waals surface area contributed by atoms with Crippen LogP contribution in [0.3, 0.4) is 0 Å². The number of rotatable bonds is 3. The highest BCUT2D eigenvalue weighted by Gasteiger charge is 2.42. The second-order valence-corrected chi connectivity index (χ2v) is 8.79. The summed E-state index contributed by atoms with van der Waals surface area (Å²) in [6.45, 7) is 1.86. The van der Waals surface area contributed by atoms with Gasteiger partial charge >= 0.3 is 0 Å². The van der Waals surface area contributed by atoms with Crippen molar-refractivity contribution in [3.05, 3.63) is 72.3 Å². The van der Waals surface area contributed by atoms with Crippen LogP contribution in [0.4, 0.5) is 5.69 Å². The second kappa shape index (κ2) is 8.87. The predicted octanol–water partition coefficient (Wildman–Crippen LogP) is 4.28. The zero-order chi connectivity index (χ0) is 22.8. The smallest absolute Gasteiger partial charge is 0.254 e. The average molecular weight is 445 g/mol. The van der Waals surface area contributed by atoms with Crippen molar-refractivity contribution in [1.29, 1.82) is 0 Å².